The van der Waals surface area contributed by atoms with Crippen molar-refractivity contribution in [3.63, 3.8) is 0 Å². The van der Waals surface area contributed by atoms with Gasteiger partial charge in [0.1, 0.15) is 0 Å². The van der Waals surface area contributed by atoms with E-state index in [1.165, 1.54) is 11.3 Å². The van der Waals surface area contributed by atoms with E-state index in [0.29, 0.717) is 0 Å². The molecule has 22 heavy (non-hydrogen) atoms. The second kappa shape index (κ2) is 6.51. The Bertz CT molecular complexity index is 844. The van der Waals surface area contributed by atoms with Crippen molar-refractivity contribution in [2.45, 2.75) is 20.4 Å². The molecule has 0 aliphatic rings. The fourth-order valence-corrected chi connectivity index (χ4v) is 3.50. The van der Waals surface area contributed by atoms with Crippen molar-refractivity contribution in [1.29, 1.82) is 0 Å². The second-order valence-electron chi connectivity index (χ2n) is 5.11. The maximum atomic E-state index is 5.98. The Hall–Kier alpha value is -1.84. The molecule has 0 atom stereocenters. The SMILES string of the molecule is CCn1c(-c2ccc(Cl)cc2)csc1=Nc1cccc(C)c1. The molecule has 112 valence electrons. The zero-order valence-corrected chi connectivity index (χ0v) is 14.2. The van der Waals surface area contributed by atoms with Crippen LogP contribution in [0.2, 0.25) is 5.02 Å². The number of aromatic nitrogens is 1. The van der Waals surface area contributed by atoms with Crippen molar-refractivity contribution in [2.75, 3.05) is 0 Å². The molecule has 1 heterocycles. The van der Waals surface area contributed by atoms with Gasteiger partial charge in [0.25, 0.3) is 0 Å². The molecule has 1 aromatic heterocycles. The van der Waals surface area contributed by atoms with Gasteiger partial charge in [-0.3, -0.25) is 0 Å². The lowest BCUT2D eigenvalue weighted by molar-refractivity contribution is 0.745. The molecule has 2 aromatic carbocycles. The van der Waals surface area contributed by atoms with Crippen LogP contribution in [-0.2, 0) is 6.54 Å². The first kappa shape index (κ1) is 15.1. The van der Waals surface area contributed by atoms with Crippen molar-refractivity contribution in [2.24, 2.45) is 4.99 Å². The molecule has 0 N–H and O–H groups in total. The summed E-state index contributed by atoms with van der Waals surface area (Å²) in [5, 5.41) is 2.91. The van der Waals surface area contributed by atoms with Gasteiger partial charge in [-0.2, -0.15) is 0 Å². The number of halogens is 1. The van der Waals surface area contributed by atoms with Crippen LogP contribution >= 0.6 is 22.9 Å². The summed E-state index contributed by atoms with van der Waals surface area (Å²) in [4.78, 5) is 5.80. The van der Waals surface area contributed by atoms with Crippen molar-refractivity contribution in [3.8, 4) is 11.3 Å². The predicted molar refractivity (Wildman–Crippen MR) is 94.8 cm³/mol. The fraction of sp³-hybridized carbons (Fsp3) is 0.167. The Balaban J connectivity index is 2.09. The summed E-state index contributed by atoms with van der Waals surface area (Å²) >= 11 is 7.64. The molecule has 0 radical (unpaired) electrons. The van der Waals surface area contributed by atoms with E-state index in [9.17, 15) is 0 Å². The van der Waals surface area contributed by atoms with Gasteiger partial charge in [0.15, 0.2) is 4.80 Å². The highest BCUT2D eigenvalue weighted by Crippen LogP contribution is 2.22. The lowest BCUT2D eigenvalue weighted by Gasteiger charge is -2.06. The van der Waals surface area contributed by atoms with E-state index in [1.807, 2.05) is 36.4 Å². The monoisotopic (exact) mass is 328 g/mol. The number of hydrogen-bond acceptors (Lipinski definition) is 2. The smallest absolute Gasteiger partial charge is 0.190 e. The lowest BCUT2D eigenvalue weighted by Crippen LogP contribution is -2.14. The summed E-state index contributed by atoms with van der Waals surface area (Å²) in [6.07, 6.45) is 0. The van der Waals surface area contributed by atoms with Crippen LogP contribution in [0.15, 0.2) is 58.9 Å². The molecule has 0 unspecified atom stereocenters. The molecular formula is C18H17ClN2S. The van der Waals surface area contributed by atoms with Crippen molar-refractivity contribution >= 4 is 28.6 Å². The van der Waals surface area contributed by atoms with Crippen LogP contribution in [0.1, 0.15) is 12.5 Å². The van der Waals surface area contributed by atoms with E-state index in [2.05, 4.69) is 35.9 Å². The molecule has 0 aliphatic heterocycles. The Morgan fingerprint density at radius 1 is 1.14 bits per heavy atom. The molecule has 4 heteroatoms. The summed E-state index contributed by atoms with van der Waals surface area (Å²) in [7, 11) is 0. The number of rotatable bonds is 3. The highest BCUT2D eigenvalue weighted by atomic mass is 35.5. The maximum absolute atomic E-state index is 5.98. The average molecular weight is 329 g/mol. The van der Waals surface area contributed by atoms with Crippen molar-refractivity contribution < 1.29 is 0 Å². The van der Waals surface area contributed by atoms with E-state index in [4.69, 9.17) is 16.6 Å². The molecule has 0 saturated carbocycles. The minimum Gasteiger partial charge on any atom is -0.317 e. The lowest BCUT2D eigenvalue weighted by atomic mass is 10.2. The number of thiazole rings is 1. The first-order valence-corrected chi connectivity index (χ1v) is 8.49. The summed E-state index contributed by atoms with van der Waals surface area (Å²) < 4.78 is 2.23. The molecule has 0 amide bonds. The number of aryl methyl sites for hydroxylation is 1. The van der Waals surface area contributed by atoms with E-state index < -0.39 is 0 Å². The first-order valence-electron chi connectivity index (χ1n) is 7.23. The molecular weight excluding hydrogens is 312 g/mol. The minimum absolute atomic E-state index is 0.756. The van der Waals surface area contributed by atoms with E-state index in [-0.39, 0.29) is 0 Å². The van der Waals surface area contributed by atoms with Crippen LogP contribution in [0.3, 0.4) is 0 Å². The molecule has 0 fully saturated rings. The third kappa shape index (κ3) is 3.16. The highest BCUT2D eigenvalue weighted by Gasteiger charge is 2.06. The van der Waals surface area contributed by atoms with Crippen molar-refractivity contribution in [3.05, 3.63) is 69.3 Å². The minimum atomic E-state index is 0.756. The highest BCUT2D eigenvalue weighted by molar-refractivity contribution is 7.07. The van der Waals surface area contributed by atoms with Gasteiger partial charge in [-0.15, -0.1) is 11.3 Å². The number of benzene rings is 2. The third-order valence-electron chi connectivity index (χ3n) is 3.48. The second-order valence-corrected chi connectivity index (χ2v) is 6.38. The van der Waals surface area contributed by atoms with Gasteiger partial charge in [-0.05, 0) is 49.2 Å². The van der Waals surface area contributed by atoms with E-state index >= 15 is 0 Å². The summed E-state index contributed by atoms with van der Waals surface area (Å²) in [5.74, 6) is 0. The molecule has 3 aromatic rings. The Morgan fingerprint density at radius 3 is 2.59 bits per heavy atom. The molecule has 0 saturated heterocycles. The van der Waals surface area contributed by atoms with Crippen LogP contribution in [0, 0.1) is 6.92 Å². The van der Waals surface area contributed by atoms with E-state index in [1.54, 1.807) is 11.3 Å². The summed E-state index contributed by atoms with van der Waals surface area (Å²) in [6.45, 7) is 5.11. The van der Waals surface area contributed by atoms with Gasteiger partial charge in [-0.25, -0.2) is 4.99 Å². The molecule has 0 spiro atoms. The normalized spacial score (nSPS) is 11.9. The first-order chi connectivity index (χ1) is 10.7. The Labute approximate surface area is 139 Å². The van der Waals surface area contributed by atoms with Crippen LogP contribution in [0.4, 0.5) is 5.69 Å². The molecule has 0 aliphatic carbocycles. The fourth-order valence-electron chi connectivity index (χ4n) is 2.38. The topological polar surface area (TPSA) is 17.3 Å². The van der Waals surface area contributed by atoms with Crippen LogP contribution in [0.5, 0.6) is 0 Å². The van der Waals surface area contributed by atoms with Gasteiger partial charge in [0.05, 0.1) is 11.4 Å². The van der Waals surface area contributed by atoms with Crippen LogP contribution < -0.4 is 4.80 Å². The zero-order chi connectivity index (χ0) is 15.5. The number of hydrogen-bond donors (Lipinski definition) is 0. The standard InChI is InChI=1S/C18H17ClN2S/c1-3-21-17(14-7-9-15(19)10-8-14)12-22-18(21)20-16-6-4-5-13(2)11-16/h4-12H,3H2,1-2H3. The number of nitrogens with zero attached hydrogens (tertiary/aromatic N) is 2. The van der Waals surface area contributed by atoms with Gasteiger partial charge in [0.2, 0.25) is 0 Å². The third-order valence-corrected chi connectivity index (χ3v) is 4.60. The summed E-state index contributed by atoms with van der Waals surface area (Å²) in [6, 6.07) is 16.2. The summed E-state index contributed by atoms with van der Waals surface area (Å²) in [5.41, 5.74) is 4.55. The van der Waals surface area contributed by atoms with Crippen LogP contribution in [0.25, 0.3) is 11.3 Å². The van der Waals surface area contributed by atoms with Crippen LogP contribution in [-0.4, -0.2) is 4.57 Å². The Kier molecular flexibility index (Phi) is 4.46. The quantitative estimate of drug-likeness (QED) is 0.610. The van der Waals surface area contributed by atoms with E-state index in [0.717, 1.165) is 27.6 Å². The van der Waals surface area contributed by atoms with Gasteiger partial charge in [0, 0.05) is 16.9 Å². The van der Waals surface area contributed by atoms with Gasteiger partial charge in [-0.1, -0.05) is 35.9 Å². The predicted octanol–water partition coefficient (Wildman–Crippen LogP) is 5.43. The van der Waals surface area contributed by atoms with Gasteiger partial charge < -0.3 is 4.57 Å². The molecule has 0 bridgehead atoms. The maximum Gasteiger partial charge on any atom is 0.190 e. The Morgan fingerprint density at radius 2 is 1.91 bits per heavy atom. The van der Waals surface area contributed by atoms with Crippen molar-refractivity contribution in [1.82, 2.24) is 4.57 Å². The largest absolute Gasteiger partial charge is 0.317 e. The van der Waals surface area contributed by atoms with Gasteiger partial charge >= 0.3 is 0 Å². The zero-order valence-electron chi connectivity index (χ0n) is 12.6. The molecule has 2 nitrogen and oxygen atoms in total. The average Bonchev–Trinajstić information content (AvgIpc) is 2.90. The molecule has 3 rings (SSSR count).